The Hall–Kier alpha value is -2.00. The van der Waals surface area contributed by atoms with Crippen molar-refractivity contribution in [3.05, 3.63) is 35.9 Å². The van der Waals surface area contributed by atoms with Crippen LogP contribution in [0.1, 0.15) is 17.3 Å². The Morgan fingerprint density at radius 3 is 2.67 bits per heavy atom. The van der Waals surface area contributed by atoms with Crippen LogP contribution in [0.15, 0.2) is 35.2 Å². The lowest BCUT2D eigenvalue weighted by atomic mass is 10.1. The molecule has 0 bridgehead atoms. The molecule has 1 fully saturated rings. The number of carbonyl (C=O) groups is 1. The molecule has 4 rings (SSSR count). The minimum atomic E-state index is -3.67. The minimum absolute atomic E-state index is 0.0760. The molecule has 1 saturated heterocycles. The zero-order valence-electron chi connectivity index (χ0n) is 15.3. The van der Waals surface area contributed by atoms with Crippen molar-refractivity contribution in [1.29, 1.82) is 0 Å². The maximum atomic E-state index is 12.9. The summed E-state index contributed by atoms with van der Waals surface area (Å²) in [6.45, 7) is 6.44. The van der Waals surface area contributed by atoms with E-state index < -0.39 is 10.0 Å². The van der Waals surface area contributed by atoms with Gasteiger partial charge in [0.1, 0.15) is 0 Å². The van der Waals surface area contributed by atoms with Crippen LogP contribution in [-0.2, 0) is 14.8 Å². The van der Waals surface area contributed by atoms with Crippen LogP contribution in [0, 0.1) is 0 Å². The molecule has 8 heteroatoms. The second-order valence-electron chi connectivity index (χ2n) is 6.71. The maximum Gasteiger partial charge on any atom is 0.258 e. The Morgan fingerprint density at radius 2 is 1.93 bits per heavy atom. The third kappa shape index (κ3) is 3.23. The van der Waals surface area contributed by atoms with Crippen molar-refractivity contribution >= 4 is 32.4 Å². The second-order valence-corrected chi connectivity index (χ2v) is 8.45. The molecule has 2 aromatic rings. The molecule has 2 heterocycles. The molecule has 7 nitrogen and oxygen atoms in total. The molecule has 2 aromatic carbocycles. The summed E-state index contributed by atoms with van der Waals surface area (Å²) in [5, 5.41) is 1.31. The molecular weight excluding hydrogens is 366 g/mol. The van der Waals surface area contributed by atoms with E-state index in [1.54, 1.807) is 35.2 Å². The Morgan fingerprint density at radius 1 is 1.15 bits per heavy atom. The van der Waals surface area contributed by atoms with Gasteiger partial charge in [-0.2, -0.15) is 0 Å². The number of benzene rings is 2. The molecule has 2 aliphatic heterocycles. The van der Waals surface area contributed by atoms with Gasteiger partial charge in [-0.05, 0) is 25.1 Å². The van der Waals surface area contributed by atoms with Gasteiger partial charge in [0.15, 0.2) is 0 Å². The second kappa shape index (κ2) is 7.20. The van der Waals surface area contributed by atoms with E-state index >= 15 is 0 Å². The Balaban J connectivity index is 1.62. The van der Waals surface area contributed by atoms with E-state index in [2.05, 4.69) is 9.62 Å². The van der Waals surface area contributed by atoms with Crippen molar-refractivity contribution in [2.75, 3.05) is 50.8 Å². The average Bonchev–Trinajstić information content (AvgIpc) is 2.96. The molecule has 144 valence electrons. The molecule has 0 atom stereocenters. The van der Waals surface area contributed by atoms with Gasteiger partial charge in [-0.25, -0.2) is 13.1 Å². The van der Waals surface area contributed by atoms with Crippen LogP contribution in [0.25, 0.3) is 10.8 Å². The largest absolute Gasteiger partial charge is 0.379 e. The highest BCUT2D eigenvalue weighted by atomic mass is 32.2. The third-order valence-corrected chi connectivity index (χ3v) is 6.69. The summed E-state index contributed by atoms with van der Waals surface area (Å²) in [5.74, 6) is -0.0760. The lowest BCUT2D eigenvalue weighted by Crippen LogP contribution is -2.41. The SMILES string of the molecule is CCN1C(=O)c2cccc3c(S(=O)(=O)NCCN4CCOCC4)ccc1c23. The Kier molecular flexibility index (Phi) is 4.90. The fraction of sp³-hybridized carbons (Fsp3) is 0.421. The Bertz CT molecular complexity index is 984. The molecule has 1 amide bonds. The average molecular weight is 389 g/mol. The molecule has 0 spiro atoms. The number of nitrogens with one attached hydrogen (secondary N) is 1. The molecule has 0 aliphatic carbocycles. The highest BCUT2D eigenvalue weighted by Gasteiger charge is 2.31. The van der Waals surface area contributed by atoms with Gasteiger partial charge in [0, 0.05) is 49.1 Å². The van der Waals surface area contributed by atoms with E-state index in [-0.39, 0.29) is 10.8 Å². The van der Waals surface area contributed by atoms with Crippen molar-refractivity contribution < 1.29 is 17.9 Å². The number of rotatable bonds is 6. The molecule has 1 N–H and O–H groups in total. The highest BCUT2D eigenvalue weighted by Crippen LogP contribution is 2.39. The first-order chi connectivity index (χ1) is 13.0. The highest BCUT2D eigenvalue weighted by molar-refractivity contribution is 7.89. The summed E-state index contributed by atoms with van der Waals surface area (Å²) in [4.78, 5) is 16.6. The van der Waals surface area contributed by atoms with Gasteiger partial charge in [0.05, 0.1) is 23.8 Å². The summed E-state index contributed by atoms with van der Waals surface area (Å²) in [6.07, 6.45) is 0. The minimum Gasteiger partial charge on any atom is -0.379 e. The Labute approximate surface area is 158 Å². The number of amides is 1. The van der Waals surface area contributed by atoms with Gasteiger partial charge in [0.2, 0.25) is 10.0 Å². The van der Waals surface area contributed by atoms with E-state index in [1.807, 2.05) is 6.92 Å². The van der Waals surface area contributed by atoms with Crippen LogP contribution in [0.4, 0.5) is 5.69 Å². The predicted octanol–water partition coefficient (Wildman–Crippen LogP) is 1.43. The lowest BCUT2D eigenvalue weighted by molar-refractivity contribution is 0.0390. The van der Waals surface area contributed by atoms with Crippen LogP contribution < -0.4 is 9.62 Å². The number of sulfonamides is 1. The number of ether oxygens (including phenoxy) is 1. The zero-order valence-corrected chi connectivity index (χ0v) is 16.1. The van der Waals surface area contributed by atoms with Crippen molar-refractivity contribution in [1.82, 2.24) is 9.62 Å². The van der Waals surface area contributed by atoms with Crippen LogP contribution in [0.2, 0.25) is 0 Å². The summed E-state index contributed by atoms with van der Waals surface area (Å²) < 4.78 is 33.8. The van der Waals surface area contributed by atoms with E-state index in [4.69, 9.17) is 4.74 Å². The topological polar surface area (TPSA) is 79.0 Å². The lowest BCUT2D eigenvalue weighted by Gasteiger charge is -2.26. The van der Waals surface area contributed by atoms with E-state index in [1.165, 1.54) is 0 Å². The zero-order chi connectivity index (χ0) is 19.0. The van der Waals surface area contributed by atoms with Crippen LogP contribution in [0.5, 0.6) is 0 Å². The van der Waals surface area contributed by atoms with Gasteiger partial charge < -0.3 is 9.64 Å². The smallest absolute Gasteiger partial charge is 0.258 e. The number of morpholine rings is 1. The van der Waals surface area contributed by atoms with Crippen LogP contribution in [0.3, 0.4) is 0 Å². The van der Waals surface area contributed by atoms with Gasteiger partial charge in [-0.3, -0.25) is 9.69 Å². The number of hydrogen-bond acceptors (Lipinski definition) is 5. The van der Waals surface area contributed by atoms with Crippen LogP contribution in [-0.4, -0.2) is 65.2 Å². The van der Waals surface area contributed by atoms with Crippen LogP contribution >= 0.6 is 0 Å². The normalized spacial score (nSPS) is 17.8. The third-order valence-electron chi connectivity index (χ3n) is 5.17. The predicted molar refractivity (Wildman–Crippen MR) is 104 cm³/mol. The standard InChI is InChI=1S/C19H23N3O4S/c1-2-22-16-6-7-17(14-4-3-5-15(18(14)16)19(22)23)27(24,25)20-8-9-21-10-12-26-13-11-21/h3-7,20H,2,8-13H2,1H3. The first-order valence-electron chi connectivity index (χ1n) is 9.20. The molecular formula is C19H23N3O4S. The van der Waals surface area contributed by atoms with Crippen molar-refractivity contribution in [3.8, 4) is 0 Å². The first kappa shape index (κ1) is 18.4. The molecule has 2 aliphatic rings. The summed E-state index contributed by atoms with van der Waals surface area (Å²) in [6, 6.07) is 8.60. The quantitative estimate of drug-likeness (QED) is 0.809. The van der Waals surface area contributed by atoms with E-state index in [9.17, 15) is 13.2 Å². The van der Waals surface area contributed by atoms with Gasteiger partial charge >= 0.3 is 0 Å². The first-order valence-corrected chi connectivity index (χ1v) is 10.7. The van der Waals surface area contributed by atoms with Crippen molar-refractivity contribution in [2.24, 2.45) is 0 Å². The number of carbonyl (C=O) groups excluding carboxylic acids is 1. The van der Waals surface area contributed by atoms with Crippen molar-refractivity contribution in [3.63, 3.8) is 0 Å². The summed E-state index contributed by atoms with van der Waals surface area (Å²) in [7, 11) is -3.67. The fourth-order valence-corrected chi connectivity index (χ4v) is 5.03. The van der Waals surface area contributed by atoms with Crippen molar-refractivity contribution in [2.45, 2.75) is 11.8 Å². The fourth-order valence-electron chi connectivity index (χ4n) is 3.81. The number of anilines is 1. The summed E-state index contributed by atoms with van der Waals surface area (Å²) >= 11 is 0. The molecule has 0 unspecified atom stereocenters. The molecule has 27 heavy (non-hydrogen) atoms. The van der Waals surface area contributed by atoms with Gasteiger partial charge in [-0.1, -0.05) is 12.1 Å². The van der Waals surface area contributed by atoms with E-state index in [0.29, 0.717) is 43.8 Å². The molecule has 0 radical (unpaired) electrons. The molecule has 0 saturated carbocycles. The number of hydrogen-bond donors (Lipinski definition) is 1. The summed E-state index contributed by atoms with van der Waals surface area (Å²) in [5.41, 5.74) is 1.34. The monoisotopic (exact) mass is 389 g/mol. The maximum absolute atomic E-state index is 12.9. The molecule has 0 aromatic heterocycles. The van der Waals surface area contributed by atoms with E-state index in [0.717, 1.165) is 24.2 Å². The van der Waals surface area contributed by atoms with Gasteiger partial charge in [0.25, 0.3) is 5.91 Å². The van der Waals surface area contributed by atoms with Gasteiger partial charge in [-0.15, -0.1) is 0 Å². The number of nitrogens with zero attached hydrogens (tertiary/aromatic N) is 2.